The van der Waals surface area contributed by atoms with Crippen LogP contribution in [0.1, 0.15) is 50.0 Å². The van der Waals surface area contributed by atoms with E-state index in [9.17, 15) is 10.1 Å². The Morgan fingerprint density at radius 3 is 2.79 bits per heavy atom. The highest BCUT2D eigenvalue weighted by Gasteiger charge is 2.28. The summed E-state index contributed by atoms with van der Waals surface area (Å²) in [5.41, 5.74) is 2.92. The van der Waals surface area contributed by atoms with E-state index >= 15 is 0 Å². The molecule has 3 aromatic rings. The number of benzene rings is 1. The largest absolute Gasteiger partial charge is 0.356 e. The fraction of sp³-hybridized carbons (Fsp3) is 0.429. The summed E-state index contributed by atoms with van der Waals surface area (Å²) in [5, 5.41) is 11.1. The molecule has 1 aliphatic heterocycles. The maximum absolute atomic E-state index is 11.1. The van der Waals surface area contributed by atoms with E-state index in [-0.39, 0.29) is 10.6 Å². The maximum atomic E-state index is 11.1. The molecular formula is C21H25N5O2. The van der Waals surface area contributed by atoms with Crippen molar-refractivity contribution in [3.8, 4) is 0 Å². The van der Waals surface area contributed by atoms with Crippen molar-refractivity contribution >= 4 is 22.5 Å². The van der Waals surface area contributed by atoms with Crippen LogP contribution < -0.4 is 4.90 Å². The Morgan fingerprint density at radius 1 is 1.29 bits per heavy atom. The molecule has 1 atom stereocenters. The van der Waals surface area contributed by atoms with E-state index in [4.69, 9.17) is 4.98 Å². The predicted molar refractivity (Wildman–Crippen MR) is 110 cm³/mol. The lowest BCUT2D eigenvalue weighted by molar-refractivity contribution is -0.385. The van der Waals surface area contributed by atoms with Crippen LogP contribution in [0.2, 0.25) is 0 Å². The normalized spacial score (nSPS) is 17.4. The monoisotopic (exact) mass is 379 g/mol. The van der Waals surface area contributed by atoms with Crippen LogP contribution in [0.25, 0.3) is 11.0 Å². The number of hydrogen-bond acceptors (Lipinski definition) is 5. The molecule has 1 saturated heterocycles. The second-order valence-electron chi connectivity index (χ2n) is 7.79. The van der Waals surface area contributed by atoms with Crippen LogP contribution in [-0.2, 0) is 0 Å². The molecule has 1 unspecified atom stereocenters. The van der Waals surface area contributed by atoms with Crippen LogP contribution in [0.4, 0.5) is 11.5 Å². The van der Waals surface area contributed by atoms with Gasteiger partial charge in [-0.25, -0.2) is 9.97 Å². The summed E-state index contributed by atoms with van der Waals surface area (Å²) < 4.78 is 2.35. The van der Waals surface area contributed by atoms with Crippen molar-refractivity contribution in [1.82, 2.24) is 14.5 Å². The van der Waals surface area contributed by atoms with E-state index < -0.39 is 0 Å². The average Bonchev–Trinajstić information content (AvgIpc) is 3.07. The van der Waals surface area contributed by atoms with Crippen LogP contribution in [0.15, 0.2) is 36.5 Å². The third kappa shape index (κ3) is 3.21. The second kappa shape index (κ2) is 7.22. The zero-order chi connectivity index (χ0) is 19.8. The lowest BCUT2D eigenvalue weighted by Gasteiger charge is -2.34. The third-order valence-corrected chi connectivity index (χ3v) is 5.52. The molecule has 0 N–H and O–H groups in total. The van der Waals surface area contributed by atoms with Gasteiger partial charge in [0.15, 0.2) is 0 Å². The number of aromatic nitrogens is 3. The molecular weight excluding hydrogens is 354 g/mol. The van der Waals surface area contributed by atoms with Crippen molar-refractivity contribution in [2.24, 2.45) is 0 Å². The Balaban J connectivity index is 1.66. The fourth-order valence-electron chi connectivity index (χ4n) is 4.19. The van der Waals surface area contributed by atoms with Crippen LogP contribution >= 0.6 is 0 Å². The number of nitro groups is 1. The first kappa shape index (κ1) is 18.4. The molecule has 0 spiro atoms. The highest BCUT2D eigenvalue weighted by Crippen LogP contribution is 2.33. The van der Waals surface area contributed by atoms with Gasteiger partial charge < -0.3 is 9.47 Å². The summed E-state index contributed by atoms with van der Waals surface area (Å²) in [4.78, 5) is 22.3. The first-order chi connectivity index (χ1) is 13.5. The van der Waals surface area contributed by atoms with E-state index in [1.165, 1.54) is 11.7 Å². The van der Waals surface area contributed by atoms with E-state index in [0.717, 1.165) is 43.1 Å². The molecule has 146 valence electrons. The number of anilines is 1. The highest BCUT2D eigenvalue weighted by molar-refractivity contribution is 5.76. The molecule has 7 heteroatoms. The minimum Gasteiger partial charge on any atom is -0.356 e. The minimum absolute atomic E-state index is 0.0684. The van der Waals surface area contributed by atoms with E-state index in [0.29, 0.717) is 17.5 Å². The Morgan fingerprint density at radius 2 is 2.07 bits per heavy atom. The first-order valence-electron chi connectivity index (χ1n) is 9.78. The SMILES string of the molecule is Cc1cc(N2CCCC(c3nc4ccccc4n3C(C)C)C2)ncc1[N+](=O)[O-]. The van der Waals surface area contributed by atoms with Gasteiger partial charge in [-0.05, 0) is 51.8 Å². The lowest BCUT2D eigenvalue weighted by Crippen LogP contribution is -2.36. The van der Waals surface area contributed by atoms with Crippen LogP contribution in [0.3, 0.4) is 0 Å². The highest BCUT2D eigenvalue weighted by atomic mass is 16.6. The molecule has 1 aliphatic rings. The van der Waals surface area contributed by atoms with Crippen LogP contribution in [-0.4, -0.2) is 32.5 Å². The number of pyridine rings is 1. The van der Waals surface area contributed by atoms with E-state index in [2.05, 4.69) is 46.5 Å². The molecule has 0 radical (unpaired) electrons. The summed E-state index contributed by atoms with van der Waals surface area (Å²) in [6, 6.07) is 10.4. The number of imidazole rings is 1. The zero-order valence-electron chi connectivity index (χ0n) is 16.5. The van der Waals surface area contributed by atoms with Gasteiger partial charge in [-0.3, -0.25) is 10.1 Å². The molecule has 0 bridgehead atoms. The minimum atomic E-state index is -0.379. The predicted octanol–water partition coefficient (Wildman–Crippen LogP) is 4.61. The smallest absolute Gasteiger partial charge is 0.290 e. The van der Waals surface area contributed by atoms with Crippen molar-refractivity contribution in [3.63, 3.8) is 0 Å². The Bertz CT molecular complexity index is 1030. The summed E-state index contributed by atoms with van der Waals surface area (Å²) in [5.74, 6) is 2.24. The van der Waals surface area contributed by atoms with Crippen LogP contribution in [0, 0.1) is 17.0 Å². The summed E-state index contributed by atoms with van der Waals surface area (Å²) in [7, 11) is 0. The quantitative estimate of drug-likeness (QED) is 0.488. The molecule has 0 aliphatic carbocycles. The molecule has 4 rings (SSSR count). The Hall–Kier alpha value is -2.96. The van der Waals surface area contributed by atoms with Crippen LogP contribution in [0.5, 0.6) is 0 Å². The summed E-state index contributed by atoms with van der Waals surface area (Å²) >= 11 is 0. The van der Waals surface area contributed by atoms with Gasteiger partial charge in [0.25, 0.3) is 5.69 Å². The van der Waals surface area contributed by atoms with E-state index in [1.807, 2.05) is 12.1 Å². The average molecular weight is 379 g/mol. The summed E-state index contributed by atoms with van der Waals surface area (Å²) in [6.45, 7) is 7.88. The van der Waals surface area contributed by atoms with Crippen molar-refractivity contribution in [3.05, 3.63) is 58.0 Å². The molecule has 1 fully saturated rings. The van der Waals surface area contributed by atoms with Crippen molar-refractivity contribution in [2.45, 2.75) is 45.6 Å². The summed E-state index contributed by atoms with van der Waals surface area (Å²) in [6.07, 6.45) is 3.50. The number of fused-ring (bicyclic) bond motifs is 1. The Kier molecular flexibility index (Phi) is 4.75. The number of piperidine rings is 1. The van der Waals surface area contributed by atoms with Crippen molar-refractivity contribution in [2.75, 3.05) is 18.0 Å². The van der Waals surface area contributed by atoms with Gasteiger partial charge in [0.05, 0.1) is 16.0 Å². The van der Waals surface area contributed by atoms with E-state index in [1.54, 1.807) is 6.92 Å². The van der Waals surface area contributed by atoms with Crippen molar-refractivity contribution in [1.29, 1.82) is 0 Å². The van der Waals surface area contributed by atoms with Gasteiger partial charge in [-0.2, -0.15) is 0 Å². The maximum Gasteiger partial charge on any atom is 0.290 e. The Labute approximate surface area is 164 Å². The van der Waals surface area contributed by atoms with Gasteiger partial charge in [-0.1, -0.05) is 12.1 Å². The van der Waals surface area contributed by atoms with Gasteiger partial charge in [0.1, 0.15) is 17.8 Å². The first-order valence-corrected chi connectivity index (χ1v) is 9.78. The molecule has 0 saturated carbocycles. The zero-order valence-corrected chi connectivity index (χ0v) is 16.5. The molecule has 1 aromatic carbocycles. The van der Waals surface area contributed by atoms with Gasteiger partial charge in [-0.15, -0.1) is 0 Å². The number of para-hydroxylation sites is 2. The molecule has 3 heterocycles. The number of aryl methyl sites for hydroxylation is 1. The number of rotatable bonds is 4. The van der Waals surface area contributed by atoms with Gasteiger partial charge in [0.2, 0.25) is 0 Å². The molecule has 7 nitrogen and oxygen atoms in total. The second-order valence-corrected chi connectivity index (χ2v) is 7.79. The molecule has 2 aromatic heterocycles. The lowest BCUT2D eigenvalue weighted by atomic mass is 9.96. The van der Waals surface area contributed by atoms with Gasteiger partial charge in [0, 0.05) is 30.6 Å². The third-order valence-electron chi connectivity index (χ3n) is 5.52. The standard InChI is InChI=1S/C21H25N5O2/c1-14(2)25-18-9-5-4-8-17(18)23-21(25)16-7-6-10-24(13-16)20-11-15(3)19(12-22-20)26(27)28/h4-5,8-9,11-12,14,16H,6-7,10,13H2,1-3H3. The molecule has 0 amide bonds. The number of nitrogens with zero attached hydrogens (tertiary/aromatic N) is 5. The number of hydrogen-bond donors (Lipinski definition) is 0. The fourth-order valence-corrected chi connectivity index (χ4v) is 4.19. The van der Waals surface area contributed by atoms with Crippen molar-refractivity contribution < 1.29 is 4.92 Å². The topological polar surface area (TPSA) is 77.1 Å². The molecule has 28 heavy (non-hydrogen) atoms. The van der Waals surface area contributed by atoms with Gasteiger partial charge >= 0.3 is 0 Å².